The minimum atomic E-state index is 0.781. The van der Waals surface area contributed by atoms with Gasteiger partial charge in [0, 0.05) is 11.8 Å². The smallest absolute Gasteiger partial charge is 0.0186 e. The molecule has 96 valence electrons. The minimum Gasteiger partial charge on any atom is -0.313 e. The summed E-state index contributed by atoms with van der Waals surface area (Å²) in [6.45, 7) is 5.74. The van der Waals surface area contributed by atoms with Gasteiger partial charge in [-0.1, -0.05) is 39.5 Å². The number of hydrogen-bond donors (Lipinski definition) is 1. The third-order valence-electron chi connectivity index (χ3n) is 3.63. The Morgan fingerprint density at radius 3 is 2.38 bits per heavy atom. The summed E-state index contributed by atoms with van der Waals surface area (Å²) < 4.78 is 0. The van der Waals surface area contributed by atoms with Gasteiger partial charge in [0.05, 0.1) is 0 Å². The van der Waals surface area contributed by atoms with Crippen LogP contribution in [-0.2, 0) is 0 Å². The van der Waals surface area contributed by atoms with E-state index < -0.39 is 0 Å². The molecule has 1 rings (SSSR count). The Balaban J connectivity index is 2.37. The van der Waals surface area contributed by atoms with Crippen LogP contribution in [0.25, 0.3) is 0 Å². The minimum absolute atomic E-state index is 0.781. The summed E-state index contributed by atoms with van der Waals surface area (Å²) in [5.41, 5.74) is 0. The van der Waals surface area contributed by atoms with Crippen molar-refractivity contribution in [3.05, 3.63) is 0 Å². The molecule has 0 aliphatic heterocycles. The predicted molar refractivity (Wildman–Crippen MR) is 76.3 cm³/mol. The maximum Gasteiger partial charge on any atom is 0.0186 e. The van der Waals surface area contributed by atoms with Gasteiger partial charge in [0.15, 0.2) is 0 Å². The van der Waals surface area contributed by atoms with Gasteiger partial charge in [-0.25, -0.2) is 0 Å². The fraction of sp³-hybridized carbons (Fsp3) is 1.00. The van der Waals surface area contributed by atoms with Crippen molar-refractivity contribution >= 4 is 11.8 Å². The van der Waals surface area contributed by atoms with Crippen molar-refractivity contribution in [2.45, 2.75) is 64.8 Å². The molecule has 1 aliphatic rings. The van der Waals surface area contributed by atoms with Crippen LogP contribution in [0.15, 0.2) is 0 Å². The van der Waals surface area contributed by atoms with Crippen LogP contribution >= 0.6 is 11.8 Å². The van der Waals surface area contributed by atoms with Crippen molar-refractivity contribution in [2.24, 2.45) is 5.92 Å². The quantitative estimate of drug-likeness (QED) is 0.676. The highest BCUT2D eigenvalue weighted by molar-refractivity contribution is 7.99. The summed E-state index contributed by atoms with van der Waals surface area (Å²) in [7, 11) is 0. The Labute approximate surface area is 106 Å². The van der Waals surface area contributed by atoms with Crippen molar-refractivity contribution < 1.29 is 0 Å². The first-order chi connectivity index (χ1) is 7.88. The summed E-state index contributed by atoms with van der Waals surface area (Å²) in [6, 6.07) is 0.781. The molecule has 0 radical (unpaired) electrons. The van der Waals surface area contributed by atoms with Crippen molar-refractivity contribution in [3.8, 4) is 0 Å². The van der Waals surface area contributed by atoms with Crippen molar-refractivity contribution in [2.75, 3.05) is 18.1 Å². The van der Waals surface area contributed by atoms with E-state index in [1.54, 1.807) is 0 Å². The average molecular weight is 243 g/mol. The number of thioether (sulfide) groups is 1. The van der Waals surface area contributed by atoms with E-state index in [4.69, 9.17) is 0 Å². The molecule has 0 heterocycles. The zero-order valence-electron chi connectivity index (χ0n) is 11.1. The average Bonchev–Trinajstić information content (AvgIpc) is 2.58. The molecule has 0 saturated heterocycles. The molecule has 1 atom stereocenters. The van der Waals surface area contributed by atoms with Gasteiger partial charge in [0.25, 0.3) is 0 Å². The second-order valence-electron chi connectivity index (χ2n) is 4.97. The molecule has 1 unspecified atom stereocenters. The highest BCUT2D eigenvalue weighted by Crippen LogP contribution is 2.27. The monoisotopic (exact) mass is 243 g/mol. The van der Waals surface area contributed by atoms with Crippen LogP contribution in [0, 0.1) is 5.92 Å². The number of nitrogens with one attached hydrogen (secondary N) is 1. The standard InChI is InChI=1S/C14H29NS/c1-3-11-15-14(12-16-4-2)13-9-7-5-6-8-10-13/h13-15H,3-12H2,1-2H3. The molecule has 1 fully saturated rings. The first kappa shape index (κ1) is 14.4. The largest absolute Gasteiger partial charge is 0.313 e. The molecular weight excluding hydrogens is 214 g/mol. The van der Waals surface area contributed by atoms with Crippen LogP contribution in [0.1, 0.15) is 58.8 Å². The molecule has 0 aromatic carbocycles. The van der Waals surface area contributed by atoms with Gasteiger partial charge >= 0.3 is 0 Å². The summed E-state index contributed by atoms with van der Waals surface area (Å²) in [4.78, 5) is 0. The van der Waals surface area contributed by atoms with Crippen LogP contribution in [0.3, 0.4) is 0 Å². The normalized spacial score (nSPS) is 20.6. The van der Waals surface area contributed by atoms with E-state index in [1.807, 2.05) is 0 Å². The van der Waals surface area contributed by atoms with Gasteiger partial charge in [0.2, 0.25) is 0 Å². The summed E-state index contributed by atoms with van der Waals surface area (Å²) in [5, 5.41) is 3.78. The van der Waals surface area contributed by atoms with E-state index in [9.17, 15) is 0 Å². The Kier molecular flexibility index (Phi) is 8.40. The number of hydrogen-bond acceptors (Lipinski definition) is 2. The third kappa shape index (κ3) is 5.58. The van der Waals surface area contributed by atoms with Crippen LogP contribution in [-0.4, -0.2) is 24.1 Å². The molecule has 2 heteroatoms. The van der Waals surface area contributed by atoms with Crippen molar-refractivity contribution in [3.63, 3.8) is 0 Å². The van der Waals surface area contributed by atoms with Gasteiger partial charge in [-0.2, -0.15) is 11.8 Å². The summed E-state index contributed by atoms with van der Waals surface area (Å²) in [5.74, 6) is 3.53. The van der Waals surface area contributed by atoms with Gasteiger partial charge in [-0.05, 0) is 37.5 Å². The van der Waals surface area contributed by atoms with Gasteiger partial charge in [0.1, 0.15) is 0 Å². The lowest BCUT2D eigenvalue weighted by Gasteiger charge is -2.27. The molecule has 1 aliphatic carbocycles. The predicted octanol–water partition coefficient (Wildman–Crippen LogP) is 4.08. The highest BCUT2D eigenvalue weighted by atomic mass is 32.2. The topological polar surface area (TPSA) is 12.0 Å². The van der Waals surface area contributed by atoms with Gasteiger partial charge in [-0.15, -0.1) is 0 Å². The zero-order chi connectivity index (χ0) is 11.6. The summed E-state index contributed by atoms with van der Waals surface area (Å²) >= 11 is 2.10. The molecule has 1 saturated carbocycles. The maximum atomic E-state index is 3.78. The van der Waals surface area contributed by atoms with Gasteiger partial charge < -0.3 is 5.32 Å². The third-order valence-corrected chi connectivity index (χ3v) is 4.63. The van der Waals surface area contributed by atoms with Gasteiger partial charge in [-0.3, -0.25) is 0 Å². The molecular formula is C14H29NS. The Hall–Kier alpha value is 0.310. The highest BCUT2D eigenvalue weighted by Gasteiger charge is 2.21. The van der Waals surface area contributed by atoms with E-state index in [-0.39, 0.29) is 0 Å². The fourth-order valence-corrected chi connectivity index (χ4v) is 3.53. The van der Waals surface area contributed by atoms with E-state index in [0.717, 1.165) is 12.0 Å². The lowest BCUT2D eigenvalue weighted by atomic mass is 9.93. The summed E-state index contributed by atoms with van der Waals surface area (Å²) in [6.07, 6.45) is 10.1. The molecule has 0 amide bonds. The Morgan fingerprint density at radius 2 is 1.81 bits per heavy atom. The first-order valence-corrected chi connectivity index (χ1v) is 8.35. The molecule has 0 aromatic heterocycles. The molecule has 1 nitrogen and oxygen atoms in total. The van der Waals surface area contributed by atoms with E-state index >= 15 is 0 Å². The lowest BCUT2D eigenvalue weighted by Crippen LogP contribution is -2.38. The molecule has 0 aromatic rings. The van der Waals surface area contributed by atoms with Crippen LogP contribution in [0.5, 0.6) is 0 Å². The van der Waals surface area contributed by atoms with Crippen LogP contribution < -0.4 is 5.32 Å². The SMILES string of the molecule is CCCNC(CSCC)C1CCCCCC1. The second-order valence-corrected chi connectivity index (χ2v) is 6.29. The Bertz CT molecular complexity index is 145. The Morgan fingerprint density at radius 1 is 1.12 bits per heavy atom. The maximum absolute atomic E-state index is 3.78. The van der Waals surface area contributed by atoms with Crippen LogP contribution in [0.2, 0.25) is 0 Å². The fourth-order valence-electron chi connectivity index (χ4n) is 2.65. The van der Waals surface area contributed by atoms with E-state index in [1.165, 1.54) is 63.0 Å². The first-order valence-electron chi connectivity index (χ1n) is 7.19. The molecule has 0 spiro atoms. The van der Waals surface area contributed by atoms with Crippen molar-refractivity contribution in [1.82, 2.24) is 5.32 Å². The number of rotatable bonds is 7. The van der Waals surface area contributed by atoms with E-state index in [2.05, 4.69) is 30.9 Å². The van der Waals surface area contributed by atoms with Crippen LogP contribution in [0.4, 0.5) is 0 Å². The zero-order valence-corrected chi connectivity index (χ0v) is 12.0. The molecule has 0 bridgehead atoms. The molecule has 16 heavy (non-hydrogen) atoms. The second kappa shape index (κ2) is 9.35. The molecule has 1 N–H and O–H groups in total. The lowest BCUT2D eigenvalue weighted by molar-refractivity contribution is 0.343. The van der Waals surface area contributed by atoms with E-state index in [0.29, 0.717) is 0 Å². The van der Waals surface area contributed by atoms with Crippen molar-refractivity contribution in [1.29, 1.82) is 0 Å².